The standard InChI is InChI=1S/C6H12O2/c1-4(5(2)7)6(3)8/h5,7-8H,1-3H3/b6-4-. The monoisotopic (exact) mass is 116 g/mol. The SMILES string of the molecule is C/C(O)=C(\C)C(C)O. The molecule has 8 heavy (non-hydrogen) atoms. The first-order valence-corrected chi connectivity index (χ1v) is 2.60. The summed E-state index contributed by atoms with van der Waals surface area (Å²) in [5.74, 6) is 0.208. The van der Waals surface area contributed by atoms with Crippen LogP contribution >= 0.6 is 0 Å². The van der Waals surface area contributed by atoms with Crippen molar-refractivity contribution in [1.82, 2.24) is 0 Å². The molecule has 48 valence electrons. The zero-order valence-corrected chi connectivity index (χ0v) is 5.47. The van der Waals surface area contributed by atoms with E-state index in [1.807, 2.05) is 0 Å². The van der Waals surface area contributed by atoms with Gasteiger partial charge < -0.3 is 10.2 Å². The van der Waals surface area contributed by atoms with E-state index in [-0.39, 0.29) is 5.76 Å². The van der Waals surface area contributed by atoms with Crippen molar-refractivity contribution in [3.63, 3.8) is 0 Å². The summed E-state index contributed by atoms with van der Waals surface area (Å²) >= 11 is 0. The van der Waals surface area contributed by atoms with Crippen molar-refractivity contribution >= 4 is 0 Å². The topological polar surface area (TPSA) is 40.5 Å². The van der Waals surface area contributed by atoms with Crippen LogP contribution in [-0.4, -0.2) is 16.3 Å². The quantitative estimate of drug-likeness (QED) is 0.506. The molecule has 0 radical (unpaired) electrons. The Morgan fingerprint density at radius 3 is 1.75 bits per heavy atom. The van der Waals surface area contributed by atoms with Gasteiger partial charge in [0.05, 0.1) is 11.9 Å². The van der Waals surface area contributed by atoms with E-state index < -0.39 is 6.10 Å². The van der Waals surface area contributed by atoms with Crippen LogP contribution in [0.4, 0.5) is 0 Å². The first-order chi connectivity index (χ1) is 3.55. The van der Waals surface area contributed by atoms with Gasteiger partial charge in [-0.3, -0.25) is 0 Å². The highest BCUT2D eigenvalue weighted by atomic mass is 16.3. The third-order valence-corrected chi connectivity index (χ3v) is 1.20. The van der Waals surface area contributed by atoms with Gasteiger partial charge in [0.15, 0.2) is 0 Å². The molecule has 2 heteroatoms. The molecule has 0 saturated heterocycles. The minimum atomic E-state index is -0.528. The predicted octanol–water partition coefficient (Wildman–Crippen LogP) is 1.22. The third kappa shape index (κ3) is 1.98. The fourth-order valence-electron chi connectivity index (χ4n) is 0.302. The maximum Gasteiger partial charge on any atom is 0.0906 e. The zero-order chi connectivity index (χ0) is 6.73. The lowest BCUT2D eigenvalue weighted by Gasteiger charge is -2.03. The van der Waals surface area contributed by atoms with E-state index in [2.05, 4.69) is 0 Å². The van der Waals surface area contributed by atoms with Crippen molar-refractivity contribution in [3.8, 4) is 0 Å². The Bertz CT molecular complexity index is 99.1. The molecule has 1 unspecified atom stereocenters. The number of hydrogen-bond acceptors (Lipinski definition) is 2. The van der Waals surface area contributed by atoms with Crippen LogP contribution in [0.3, 0.4) is 0 Å². The van der Waals surface area contributed by atoms with Crippen LogP contribution in [0.25, 0.3) is 0 Å². The summed E-state index contributed by atoms with van der Waals surface area (Å²) < 4.78 is 0. The molecule has 0 aromatic carbocycles. The van der Waals surface area contributed by atoms with Crippen molar-refractivity contribution in [2.75, 3.05) is 0 Å². The van der Waals surface area contributed by atoms with E-state index in [9.17, 15) is 0 Å². The third-order valence-electron chi connectivity index (χ3n) is 1.20. The summed E-state index contributed by atoms with van der Waals surface area (Å²) in [6, 6.07) is 0. The molecule has 0 heterocycles. The lowest BCUT2D eigenvalue weighted by Crippen LogP contribution is -2.02. The molecule has 0 bridgehead atoms. The Balaban J connectivity index is 4.00. The molecule has 0 fully saturated rings. The summed E-state index contributed by atoms with van der Waals surface area (Å²) in [4.78, 5) is 0. The highest BCUT2D eigenvalue weighted by Crippen LogP contribution is 2.03. The fourth-order valence-corrected chi connectivity index (χ4v) is 0.302. The molecule has 0 aliphatic rings. The van der Waals surface area contributed by atoms with Crippen LogP contribution in [-0.2, 0) is 0 Å². The smallest absolute Gasteiger partial charge is 0.0906 e. The van der Waals surface area contributed by atoms with Gasteiger partial charge >= 0.3 is 0 Å². The molecular formula is C6H12O2. The van der Waals surface area contributed by atoms with Crippen molar-refractivity contribution in [1.29, 1.82) is 0 Å². The number of hydrogen-bond donors (Lipinski definition) is 2. The van der Waals surface area contributed by atoms with Gasteiger partial charge in [0.2, 0.25) is 0 Å². The number of allylic oxidation sites excluding steroid dienone is 1. The van der Waals surface area contributed by atoms with E-state index in [1.54, 1.807) is 20.8 Å². The van der Waals surface area contributed by atoms with Gasteiger partial charge in [-0.2, -0.15) is 0 Å². The first-order valence-electron chi connectivity index (χ1n) is 2.60. The molecule has 0 saturated carbocycles. The second-order valence-corrected chi connectivity index (χ2v) is 1.94. The number of rotatable bonds is 1. The molecule has 2 N–H and O–H groups in total. The van der Waals surface area contributed by atoms with E-state index in [0.717, 1.165) is 0 Å². The fraction of sp³-hybridized carbons (Fsp3) is 0.667. The average molecular weight is 116 g/mol. The Labute approximate surface area is 49.5 Å². The second-order valence-electron chi connectivity index (χ2n) is 1.94. The van der Waals surface area contributed by atoms with Crippen LogP contribution in [0.5, 0.6) is 0 Å². The molecule has 2 nitrogen and oxygen atoms in total. The van der Waals surface area contributed by atoms with Crippen molar-refractivity contribution < 1.29 is 10.2 Å². The van der Waals surface area contributed by atoms with Crippen molar-refractivity contribution in [2.45, 2.75) is 26.9 Å². The zero-order valence-electron chi connectivity index (χ0n) is 5.47. The molecular weight excluding hydrogens is 104 g/mol. The highest BCUT2D eigenvalue weighted by molar-refractivity contribution is 5.05. The van der Waals surface area contributed by atoms with Crippen LogP contribution in [0.2, 0.25) is 0 Å². The lowest BCUT2D eigenvalue weighted by atomic mass is 10.2. The lowest BCUT2D eigenvalue weighted by molar-refractivity contribution is 0.222. The molecule has 0 aliphatic carbocycles. The summed E-state index contributed by atoms with van der Waals surface area (Å²) in [5.41, 5.74) is 0.630. The van der Waals surface area contributed by atoms with Gasteiger partial charge in [-0.15, -0.1) is 0 Å². The van der Waals surface area contributed by atoms with Crippen LogP contribution < -0.4 is 0 Å². The molecule has 0 aromatic rings. The van der Waals surface area contributed by atoms with Crippen molar-refractivity contribution in [2.24, 2.45) is 0 Å². The largest absolute Gasteiger partial charge is 0.513 e. The number of aliphatic hydroxyl groups is 2. The maximum absolute atomic E-state index is 8.77. The number of aliphatic hydroxyl groups excluding tert-OH is 2. The summed E-state index contributed by atoms with van der Waals surface area (Å²) in [7, 11) is 0. The molecule has 0 amide bonds. The second kappa shape index (κ2) is 2.72. The van der Waals surface area contributed by atoms with E-state index in [0.29, 0.717) is 5.57 Å². The Morgan fingerprint density at radius 2 is 1.75 bits per heavy atom. The van der Waals surface area contributed by atoms with E-state index >= 15 is 0 Å². The summed E-state index contributed by atoms with van der Waals surface area (Å²) in [6.07, 6.45) is -0.528. The van der Waals surface area contributed by atoms with Crippen molar-refractivity contribution in [3.05, 3.63) is 11.3 Å². The minimum Gasteiger partial charge on any atom is -0.513 e. The summed E-state index contributed by atoms with van der Waals surface area (Å²) in [6.45, 7) is 4.87. The van der Waals surface area contributed by atoms with E-state index in [4.69, 9.17) is 10.2 Å². The molecule has 0 aromatic heterocycles. The Kier molecular flexibility index (Phi) is 2.55. The highest BCUT2D eigenvalue weighted by Gasteiger charge is 1.99. The predicted molar refractivity (Wildman–Crippen MR) is 32.7 cm³/mol. The van der Waals surface area contributed by atoms with Gasteiger partial charge in [-0.1, -0.05) is 0 Å². The molecule has 0 rings (SSSR count). The van der Waals surface area contributed by atoms with Gasteiger partial charge in [0.1, 0.15) is 0 Å². The van der Waals surface area contributed by atoms with Crippen LogP contribution in [0.15, 0.2) is 11.3 Å². The van der Waals surface area contributed by atoms with Gasteiger partial charge in [0, 0.05) is 0 Å². The minimum absolute atomic E-state index is 0.208. The van der Waals surface area contributed by atoms with E-state index in [1.165, 1.54) is 0 Å². The van der Waals surface area contributed by atoms with Gasteiger partial charge in [-0.25, -0.2) is 0 Å². The maximum atomic E-state index is 8.77. The average Bonchev–Trinajstić information content (AvgIpc) is 1.64. The Morgan fingerprint density at radius 1 is 1.38 bits per heavy atom. The molecule has 0 aliphatic heterocycles. The molecule has 0 spiro atoms. The normalized spacial score (nSPS) is 17.5. The van der Waals surface area contributed by atoms with Crippen LogP contribution in [0.1, 0.15) is 20.8 Å². The first kappa shape index (κ1) is 7.50. The van der Waals surface area contributed by atoms with Gasteiger partial charge in [-0.05, 0) is 26.3 Å². The van der Waals surface area contributed by atoms with Gasteiger partial charge in [0.25, 0.3) is 0 Å². The van der Waals surface area contributed by atoms with Crippen LogP contribution in [0, 0.1) is 0 Å². The summed E-state index contributed by atoms with van der Waals surface area (Å²) in [5, 5.41) is 17.5. The Hall–Kier alpha value is -0.500. The molecule has 1 atom stereocenters.